The van der Waals surface area contributed by atoms with Gasteiger partial charge in [0.15, 0.2) is 5.13 Å². The fourth-order valence-corrected chi connectivity index (χ4v) is 2.48. The van der Waals surface area contributed by atoms with Gasteiger partial charge >= 0.3 is 5.97 Å². The van der Waals surface area contributed by atoms with Gasteiger partial charge in [0.25, 0.3) is 0 Å². The number of esters is 1. The Morgan fingerprint density at radius 3 is 2.60 bits per heavy atom. The number of anilines is 2. The molecule has 0 saturated carbocycles. The van der Waals surface area contributed by atoms with Crippen LogP contribution in [0.4, 0.5) is 10.8 Å². The van der Waals surface area contributed by atoms with Gasteiger partial charge in [-0.15, -0.1) is 11.3 Å². The van der Waals surface area contributed by atoms with Crippen LogP contribution in [0.15, 0.2) is 29.6 Å². The fourth-order valence-electron chi connectivity index (χ4n) is 1.67. The molecule has 0 aliphatic carbocycles. The molecule has 2 rings (SSSR count). The highest BCUT2D eigenvalue weighted by atomic mass is 32.1. The summed E-state index contributed by atoms with van der Waals surface area (Å²) in [6, 6.07) is 7.71. The summed E-state index contributed by atoms with van der Waals surface area (Å²) in [5.74, 6) is 0.529. The van der Waals surface area contributed by atoms with Crippen LogP contribution in [0.5, 0.6) is 5.75 Å². The number of hydrogen-bond acceptors (Lipinski definition) is 6. The topological polar surface area (TPSA) is 51.7 Å². The highest BCUT2D eigenvalue weighted by Gasteiger charge is 2.11. The first-order valence-corrected chi connectivity index (χ1v) is 6.91. The molecule has 0 bridgehead atoms. The summed E-state index contributed by atoms with van der Waals surface area (Å²) in [7, 11) is 4.94. The highest BCUT2D eigenvalue weighted by Crippen LogP contribution is 2.28. The molecule has 1 heterocycles. The second-order valence-electron chi connectivity index (χ2n) is 4.13. The smallest absolute Gasteiger partial charge is 0.311 e. The Morgan fingerprint density at radius 2 is 2.00 bits per heavy atom. The molecule has 0 spiro atoms. The molecule has 0 aliphatic heterocycles. The first-order chi connectivity index (χ1) is 9.63. The van der Waals surface area contributed by atoms with Crippen molar-refractivity contribution in [2.75, 3.05) is 26.2 Å². The van der Waals surface area contributed by atoms with Crippen molar-refractivity contribution in [1.82, 2.24) is 4.98 Å². The maximum Gasteiger partial charge on any atom is 0.311 e. The summed E-state index contributed by atoms with van der Waals surface area (Å²) >= 11 is 1.49. The molecule has 0 atom stereocenters. The van der Waals surface area contributed by atoms with E-state index in [1.54, 1.807) is 7.11 Å². The van der Waals surface area contributed by atoms with E-state index >= 15 is 0 Å². The molecule has 0 saturated heterocycles. The molecule has 0 radical (unpaired) electrons. The minimum Gasteiger partial charge on any atom is -0.497 e. The molecule has 106 valence electrons. The van der Waals surface area contributed by atoms with Crippen LogP contribution in [0.3, 0.4) is 0 Å². The van der Waals surface area contributed by atoms with Crippen molar-refractivity contribution < 1.29 is 14.3 Å². The molecule has 0 fully saturated rings. The number of carbonyl (C=O) groups excluding carboxylic acids is 1. The number of benzene rings is 1. The molecule has 0 N–H and O–H groups in total. The minimum absolute atomic E-state index is 0.198. The predicted octanol–water partition coefficient (Wildman–Crippen LogP) is 2.64. The van der Waals surface area contributed by atoms with E-state index in [2.05, 4.69) is 9.72 Å². The SMILES string of the molecule is COC(=O)Cc1csc(N(C)c2ccc(OC)cc2)n1. The van der Waals surface area contributed by atoms with Crippen molar-refractivity contribution in [3.8, 4) is 5.75 Å². The van der Waals surface area contributed by atoms with Crippen LogP contribution in [0.25, 0.3) is 0 Å². The van der Waals surface area contributed by atoms with E-state index < -0.39 is 0 Å². The van der Waals surface area contributed by atoms with E-state index in [1.807, 2.05) is 41.6 Å². The largest absolute Gasteiger partial charge is 0.497 e. The second kappa shape index (κ2) is 6.38. The number of rotatable bonds is 5. The third kappa shape index (κ3) is 3.27. The lowest BCUT2D eigenvalue weighted by atomic mass is 10.3. The monoisotopic (exact) mass is 292 g/mol. The third-order valence-electron chi connectivity index (χ3n) is 2.84. The van der Waals surface area contributed by atoms with Gasteiger partial charge in [0.2, 0.25) is 0 Å². The summed E-state index contributed by atoms with van der Waals surface area (Å²) in [5, 5.41) is 2.70. The number of carbonyl (C=O) groups is 1. The Hall–Kier alpha value is -2.08. The van der Waals surface area contributed by atoms with E-state index in [4.69, 9.17) is 4.74 Å². The van der Waals surface area contributed by atoms with Gasteiger partial charge < -0.3 is 14.4 Å². The standard InChI is InChI=1S/C14H16N2O3S/c1-16(11-4-6-12(18-2)7-5-11)14-15-10(9-20-14)8-13(17)19-3/h4-7,9H,8H2,1-3H3. The Bertz CT molecular complexity index is 580. The number of hydrogen-bond donors (Lipinski definition) is 0. The molecule has 5 nitrogen and oxygen atoms in total. The van der Waals surface area contributed by atoms with Crippen molar-refractivity contribution in [2.24, 2.45) is 0 Å². The fraction of sp³-hybridized carbons (Fsp3) is 0.286. The summed E-state index contributed by atoms with van der Waals surface area (Å²) < 4.78 is 9.76. The summed E-state index contributed by atoms with van der Waals surface area (Å²) in [4.78, 5) is 17.6. The lowest BCUT2D eigenvalue weighted by molar-refractivity contribution is -0.139. The molecular weight excluding hydrogens is 276 g/mol. The summed E-state index contributed by atoms with van der Waals surface area (Å²) in [6.07, 6.45) is 0.198. The van der Waals surface area contributed by atoms with Gasteiger partial charge in [-0.05, 0) is 24.3 Å². The van der Waals surface area contributed by atoms with Crippen LogP contribution in [0.2, 0.25) is 0 Å². The van der Waals surface area contributed by atoms with Crippen molar-refractivity contribution in [2.45, 2.75) is 6.42 Å². The van der Waals surface area contributed by atoms with E-state index in [9.17, 15) is 4.79 Å². The zero-order chi connectivity index (χ0) is 14.5. The second-order valence-corrected chi connectivity index (χ2v) is 4.97. The van der Waals surface area contributed by atoms with E-state index in [1.165, 1.54) is 18.4 Å². The van der Waals surface area contributed by atoms with Crippen LogP contribution in [-0.4, -0.2) is 32.2 Å². The Labute approximate surface area is 121 Å². The summed E-state index contributed by atoms with van der Waals surface area (Å²) in [6.45, 7) is 0. The number of methoxy groups -OCH3 is 2. The van der Waals surface area contributed by atoms with Gasteiger partial charge in [-0.2, -0.15) is 0 Å². The van der Waals surface area contributed by atoms with E-state index in [-0.39, 0.29) is 12.4 Å². The Morgan fingerprint density at radius 1 is 1.30 bits per heavy atom. The number of nitrogens with zero attached hydrogens (tertiary/aromatic N) is 2. The number of aromatic nitrogens is 1. The first-order valence-electron chi connectivity index (χ1n) is 6.03. The number of thiazole rings is 1. The van der Waals surface area contributed by atoms with Gasteiger partial charge in [-0.3, -0.25) is 4.79 Å². The number of ether oxygens (including phenoxy) is 2. The molecule has 6 heteroatoms. The Balaban J connectivity index is 2.12. The molecule has 1 aromatic heterocycles. The molecule has 20 heavy (non-hydrogen) atoms. The minimum atomic E-state index is -0.283. The quantitative estimate of drug-likeness (QED) is 0.793. The van der Waals surface area contributed by atoms with Crippen molar-refractivity contribution in [3.63, 3.8) is 0 Å². The predicted molar refractivity (Wildman–Crippen MR) is 78.9 cm³/mol. The zero-order valence-corrected chi connectivity index (χ0v) is 12.4. The van der Waals surface area contributed by atoms with Gasteiger partial charge in [-0.1, -0.05) is 0 Å². The van der Waals surface area contributed by atoms with Crippen LogP contribution in [0.1, 0.15) is 5.69 Å². The molecule has 2 aromatic rings. The molecule has 0 unspecified atom stereocenters. The molecular formula is C14H16N2O3S. The lowest BCUT2D eigenvalue weighted by Crippen LogP contribution is -2.10. The average Bonchev–Trinajstić information content (AvgIpc) is 2.95. The van der Waals surface area contributed by atoms with E-state index in [0.29, 0.717) is 0 Å². The van der Waals surface area contributed by atoms with Gasteiger partial charge in [-0.25, -0.2) is 4.98 Å². The molecule has 1 aromatic carbocycles. The first kappa shape index (κ1) is 14.3. The third-order valence-corrected chi connectivity index (χ3v) is 3.81. The lowest BCUT2D eigenvalue weighted by Gasteiger charge is -2.16. The van der Waals surface area contributed by atoms with Crippen LogP contribution in [0, 0.1) is 0 Å². The maximum absolute atomic E-state index is 11.2. The summed E-state index contributed by atoms with van der Waals surface area (Å²) in [5.41, 5.74) is 1.72. The zero-order valence-electron chi connectivity index (χ0n) is 11.6. The van der Waals surface area contributed by atoms with Gasteiger partial charge in [0.1, 0.15) is 5.75 Å². The maximum atomic E-state index is 11.2. The normalized spacial score (nSPS) is 10.2. The highest BCUT2D eigenvalue weighted by molar-refractivity contribution is 7.13. The van der Waals surface area contributed by atoms with Crippen LogP contribution < -0.4 is 9.64 Å². The Kier molecular flexibility index (Phi) is 4.57. The van der Waals surface area contributed by atoms with Crippen LogP contribution >= 0.6 is 11.3 Å². The molecule has 0 aliphatic rings. The van der Waals surface area contributed by atoms with Crippen LogP contribution in [-0.2, 0) is 16.0 Å². The average molecular weight is 292 g/mol. The van der Waals surface area contributed by atoms with Crippen molar-refractivity contribution in [3.05, 3.63) is 35.3 Å². The molecule has 0 amide bonds. The van der Waals surface area contributed by atoms with Gasteiger partial charge in [0.05, 0.1) is 26.3 Å². The van der Waals surface area contributed by atoms with E-state index in [0.717, 1.165) is 22.3 Å². The van der Waals surface area contributed by atoms with Crippen molar-refractivity contribution in [1.29, 1.82) is 0 Å². The van der Waals surface area contributed by atoms with Gasteiger partial charge in [0, 0.05) is 18.1 Å². The van der Waals surface area contributed by atoms with Crippen molar-refractivity contribution >= 4 is 28.1 Å².